The van der Waals surface area contributed by atoms with Crippen LogP contribution in [-0.4, -0.2) is 60.1 Å². The molecule has 2 saturated heterocycles. The highest BCUT2D eigenvalue weighted by molar-refractivity contribution is 6.02. The quantitative estimate of drug-likeness (QED) is 0.586. The van der Waals surface area contributed by atoms with Crippen molar-refractivity contribution < 1.29 is 23.9 Å². The number of rotatable bonds is 7. The van der Waals surface area contributed by atoms with E-state index in [1.54, 1.807) is 37.5 Å². The molecule has 8 nitrogen and oxygen atoms in total. The Morgan fingerprint density at radius 3 is 2.83 bits per heavy atom. The van der Waals surface area contributed by atoms with Gasteiger partial charge in [0.1, 0.15) is 17.4 Å². The second kappa shape index (κ2) is 9.15. The molecule has 1 aliphatic carbocycles. The third kappa shape index (κ3) is 3.84. The van der Waals surface area contributed by atoms with Gasteiger partial charge < -0.3 is 25.0 Å². The Balaban J connectivity index is 1.42. The minimum Gasteiger partial charge on any atom is -0.497 e. The molecule has 186 valence electrons. The van der Waals surface area contributed by atoms with Crippen LogP contribution in [0.5, 0.6) is 5.75 Å². The lowest BCUT2D eigenvalue weighted by atomic mass is 9.74. The lowest BCUT2D eigenvalue weighted by Gasteiger charge is -2.35. The number of carbonyl (C=O) groups is 3. The first-order valence-electron chi connectivity index (χ1n) is 12.4. The molecule has 1 saturated carbocycles. The summed E-state index contributed by atoms with van der Waals surface area (Å²) in [5, 5.41) is 6.12. The number of ether oxygens (including phenoxy) is 2. The van der Waals surface area contributed by atoms with E-state index < -0.39 is 29.6 Å². The zero-order valence-corrected chi connectivity index (χ0v) is 20.2. The lowest BCUT2D eigenvalue weighted by Crippen LogP contribution is -2.57. The Morgan fingerprint density at radius 1 is 1.29 bits per heavy atom. The molecular formula is C27H33N3O5. The first kappa shape index (κ1) is 23.6. The lowest BCUT2D eigenvalue weighted by molar-refractivity contribution is -0.141. The summed E-state index contributed by atoms with van der Waals surface area (Å²) in [5.74, 6) is -1.30. The minimum atomic E-state index is -1.16. The van der Waals surface area contributed by atoms with E-state index in [1.807, 2.05) is 12.2 Å². The molecule has 3 aliphatic heterocycles. The van der Waals surface area contributed by atoms with E-state index in [0.29, 0.717) is 17.4 Å². The first-order valence-corrected chi connectivity index (χ1v) is 12.4. The number of fused-ring (bicyclic) bond motifs is 1. The van der Waals surface area contributed by atoms with Crippen LogP contribution in [0.2, 0.25) is 0 Å². The number of benzene rings is 1. The maximum atomic E-state index is 13.7. The molecule has 1 spiro atoms. The van der Waals surface area contributed by atoms with Crippen molar-refractivity contribution in [1.82, 2.24) is 10.2 Å². The third-order valence-electron chi connectivity index (χ3n) is 8.03. The van der Waals surface area contributed by atoms with Gasteiger partial charge in [0.05, 0.1) is 25.0 Å². The normalized spacial score (nSPS) is 35.0. The fraction of sp³-hybridized carbons (Fsp3) is 0.519. The fourth-order valence-corrected chi connectivity index (χ4v) is 6.32. The monoisotopic (exact) mass is 479 g/mol. The standard InChI is InChI=1S/C27H33N3O5/c1-4-14-30-23(25(32)29-19-11-6-5-8-16(19)2)27-13-12-20(35-27)21(22(27)26(30)33)24(31)28-17-9-7-10-18(15-17)34-3/h4,7,9-10,12-13,15-16,19-23H,1,5-6,8,11,14H2,2-3H3,(H,28,31)(H,29,32)/t16?,19?,20-,21?,22-,23?,27?/m1/s1. The predicted molar refractivity (Wildman–Crippen MR) is 131 cm³/mol. The number of hydrogen-bond donors (Lipinski definition) is 2. The second-order valence-corrected chi connectivity index (χ2v) is 10.1. The summed E-state index contributed by atoms with van der Waals surface area (Å²) in [6, 6.07) is 6.29. The Kier molecular flexibility index (Phi) is 6.17. The molecule has 1 aromatic carbocycles. The Morgan fingerprint density at radius 2 is 2.09 bits per heavy atom. The summed E-state index contributed by atoms with van der Waals surface area (Å²) in [6.45, 7) is 6.15. The summed E-state index contributed by atoms with van der Waals surface area (Å²) in [5.41, 5.74) is -0.590. The van der Waals surface area contributed by atoms with Crippen molar-refractivity contribution in [2.24, 2.45) is 17.8 Å². The van der Waals surface area contributed by atoms with Crippen LogP contribution in [0, 0.1) is 17.8 Å². The van der Waals surface area contributed by atoms with Crippen LogP contribution in [0.3, 0.4) is 0 Å². The molecular weight excluding hydrogens is 446 g/mol. The average molecular weight is 480 g/mol. The maximum Gasteiger partial charge on any atom is 0.246 e. The van der Waals surface area contributed by atoms with Gasteiger partial charge >= 0.3 is 0 Å². The second-order valence-electron chi connectivity index (χ2n) is 10.1. The topological polar surface area (TPSA) is 97.0 Å². The molecule has 1 aromatic rings. The van der Waals surface area contributed by atoms with Gasteiger partial charge in [-0.2, -0.15) is 0 Å². The Labute approximate surface area is 205 Å². The van der Waals surface area contributed by atoms with Crippen LogP contribution in [-0.2, 0) is 19.1 Å². The largest absolute Gasteiger partial charge is 0.497 e. The van der Waals surface area contributed by atoms with Gasteiger partial charge in [-0.25, -0.2) is 0 Å². The van der Waals surface area contributed by atoms with Crippen molar-refractivity contribution in [3.8, 4) is 5.75 Å². The van der Waals surface area contributed by atoms with Crippen LogP contribution >= 0.6 is 0 Å². The summed E-state index contributed by atoms with van der Waals surface area (Å²) in [6.07, 6.45) is 8.94. The van der Waals surface area contributed by atoms with Gasteiger partial charge in [0, 0.05) is 24.3 Å². The molecule has 5 rings (SSSR count). The van der Waals surface area contributed by atoms with Crippen molar-refractivity contribution in [1.29, 1.82) is 0 Å². The fourth-order valence-electron chi connectivity index (χ4n) is 6.32. The van der Waals surface area contributed by atoms with Gasteiger partial charge in [-0.15, -0.1) is 6.58 Å². The van der Waals surface area contributed by atoms with E-state index in [9.17, 15) is 14.4 Å². The number of hydrogen-bond acceptors (Lipinski definition) is 5. The maximum absolute atomic E-state index is 13.7. The summed E-state index contributed by atoms with van der Waals surface area (Å²) in [7, 11) is 1.56. The predicted octanol–water partition coefficient (Wildman–Crippen LogP) is 2.67. The Bertz CT molecular complexity index is 1070. The summed E-state index contributed by atoms with van der Waals surface area (Å²) in [4.78, 5) is 42.3. The van der Waals surface area contributed by atoms with E-state index in [-0.39, 0.29) is 30.3 Å². The molecule has 7 atom stereocenters. The molecule has 5 unspecified atom stereocenters. The highest BCUT2D eigenvalue weighted by Crippen LogP contribution is 2.55. The van der Waals surface area contributed by atoms with Gasteiger partial charge in [0.2, 0.25) is 17.7 Å². The van der Waals surface area contributed by atoms with Gasteiger partial charge in [0.25, 0.3) is 0 Å². The summed E-state index contributed by atoms with van der Waals surface area (Å²) >= 11 is 0. The number of nitrogens with one attached hydrogen (secondary N) is 2. The molecule has 0 aromatic heterocycles. The van der Waals surface area contributed by atoms with Crippen LogP contribution in [0.4, 0.5) is 5.69 Å². The number of nitrogens with zero attached hydrogens (tertiary/aromatic N) is 1. The van der Waals surface area contributed by atoms with Crippen molar-refractivity contribution in [2.75, 3.05) is 19.0 Å². The smallest absolute Gasteiger partial charge is 0.246 e. The van der Waals surface area contributed by atoms with E-state index in [4.69, 9.17) is 9.47 Å². The van der Waals surface area contributed by atoms with Crippen molar-refractivity contribution in [2.45, 2.75) is 56.4 Å². The zero-order valence-electron chi connectivity index (χ0n) is 20.2. The van der Waals surface area contributed by atoms with Gasteiger partial charge in [-0.3, -0.25) is 14.4 Å². The molecule has 2 N–H and O–H groups in total. The van der Waals surface area contributed by atoms with Crippen molar-refractivity contribution >= 4 is 23.4 Å². The number of anilines is 1. The van der Waals surface area contributed by atoms with Crippen LogP contribution < -0.4 is 15.4 Å². The SMILES string of the molecule is C=CCN1C(=O)[C@H]2C(C(=O)Nc3cccc(OC)c3)[C@H]3C=CC2(O3)C1C(=O)NC1CCCCC1C. The Hall–Kier alpha value is -3.13. The van der Waals surface area contributed by atoms with Crippen LogP contribution in [0.15, 0.2) is 49.1 Å². The highest BCUT2D eigenvalue weighted by atomic mass is 16.5. The summed E-state index contributed by atoms with van der Waals surface area (Å²) < 4.78 is 11.6. The third-order valence-corrected chi connectivity index (χ3v) is 8.03. The molecule has 3 heterocycles. The van der Waals surface area contributed by atoms with E-state index >= 15 is 0 Å². The highest BCUT2D eigenvalue weighted by Gasteiger charge is 2.72. The zero-order chi connectivity index (χ0) is 24.7. The molecule has 4 aliphatic rings. The number of carbonyl (C=O) groups excluding carboxylic acids is 3. The molecule has 2 bridgehead atoms. The van der Waals surface area contributed by atoms with Gasteiger partial charge in [-0.05, 0) is 30.9 Å². The molecule has 3 fully saturated rings. The number of amides is 3. The van der Waals surface area contributed by atoms with Crippen molar-refractivity contribution in [3.63, 3.8) is 0 Å². The minimum absolute atomic E-state index is 0.0714. The molecule has 3 amide bonds. The van der Waals surface area contributed by atoms with E-state index in [2.05, 4.69) is 24.1 Å². The molecule has 8 heteroatoms. The van der Waals surface area contributed by atoms with Crippen molar-refractivity contribution in [3.05, 3.63) is 49.1 Å². The number of likely N-dealkylation sites (tertiary alicyclic amines) is 1. The van der Waals surface area contributed by atoms with Crippen LogP contribution in [0.25, 0.3) is 0 Å². The first-order chi connectivity index (χ1) is 16.9. The van der Waals surface area contributed by atoms with Gasteiger partial charge in [0.15, 0.2) is 0 Å². The van der Waals surface area contributed by atoms with E-state index in [1.165, 1.54) is 11.3 Å². The van der Waals surface area contributed by atoms with Gasteiger partial charge in [-0.1, -0.05) is 44.1 Å². The van der Waals surface area contributed by atoms with E-state index in [0.717, 1.165) is 19.3 Å². The average Bonchev–Trinajstić information content (AvgIpc) is 3.48. The number of methoxy groups -OCH3 is 1. The molecule has 0 radical (unpaired) electrons. The molecule has 35 heavy (non-hydrogen) atoms. The van der Waals surface area contributed by atoms with Crippen LogP contribution in [0.1, 0.15) is 32.6 Å².